The third-order valence-corrected chi connectivity index (χ3v) is 15.1. The maximum atomic E-state index is 11.0. The molecule has 0 N–H and O–H groups in total. The van der Waals surface area contributed by atoms with Gasteiger partial charge in [0.25, 0.3) is 0 Å². The van der Waals surface area contributed by atoms with Crippen molar-refractivity contribution in [3.05, 3.63) is 0 Å². The standard InChI is InChI=1S/3C4H11O2PS2.Cr/c3*1-3-6-7(5,8)9-4-2;/h3*3-4H2,1-2H3,(H,5,8);/q;;;+3/p-3. The van der Waals surface area contributed by atoms with Gasteiger partial charge >= 0.3 is 17.4 Å². The molecule has 171 valence electrons. The Balaban J connectivity index is -0.000000152. The van der Waals surface area contributed by atoms with E-state index in [0.717, 1.165) is 17.3 Å². The van der Waals surface area contributed by atoms with E-state index in [2.05, 4.69) is 35.4 Å². The molecule has 0 aromatic rings. The van der Waals surface area contributed by atoms with Crippen LogP contribution in [0.3, 0.4) is 0 Å². The molecule has 16 heteroatoms. The van der Waals surface area contributed by atoms with E-state index in [0.29, 0.717) is 19.8 Å². The quantitative estimate of drug-likeness (QED) is 0.299. The predicted octanol–water partition coefficient (Wildman–Crippen LogP) is 4.08. The minimum absolute atomic E-state index is 0. The molecule has 0 saturated carbocycles. The fraction of sp³-hybridized carbons (Fsp3) is 1.00. The second kappa shape index (κ2) is 23.5. The van der Waals surface area contributed by atoms with Crippen LogP contribution in [0.5, 0.6) is 0 Å². The molecule has 0 aromatic heterocycles. The Bertz CT molecular complexity index is 394. The van der Waals surface area contributed by atoms with Gasteiger partial charge in [-0.05, 0) is 38.0 Å². The van der Waals surface area contributed by atoms with Crippen LogP contribution in [0.25, 0.3) is 0 Å². The first kappa shape index (κ1) is 38.5. The zero-order chi connectivity index (χ0) is 22.0. The van der Waals surface area contributed by atoms with Crippen LogP contribution < -0.4 is 14.7 Å². The summed E-state index contributed by atoms with van der Waals surface area (Å²) >= 11 is 17.5. The van der Waals surface area contributed by atoms with E-state index in [1.54, 1.807) is 20.8 Å². The number of rotatable bonds is 12. The van der Waals surface area contributed by atoms with Gasteiger partial charge in [0.15, 0.2) is 0 Å². The molecule has 28 heavy (non-hydrogen) atoms. The molecule has 3 atom stereocenters. The normalized spacial score (nSPS) is 16.6. The minimum atomic E-state index is -2.69. The van der Waals surface area contributed by atoms with E-state index in [1.807, 2.05) is 20.8 Å². The molecule has 0 bridgehead atoms. The topological polar surface area (TPSA) is 96.9 Å². The molecule has 1 radical (unpaired) electrons. The molecule has 0 aromatic carbocycles. The van der Waals surface area contributed by atoms with Gasteiger partial charge in [0, 0.05) is 36.9 Å². The first-order valence-electron chi connectivity index (χ1n) is 8.17. The van der Waals surface area contributed by atoms with Gasteiger partial charge in [-0.2, -0.15) is 0 Å². The van der Waals surface area contributed by atoms with Gasteiger partial charge < -0.3 is 28.3 Å². The number of hydrogen-bond donors (Lipinski definition) is 0. The number of hydrogen-bond acceptors (Lipinski definition) is 12. The van der Waals surface area contributed by atoms with Crippen molar-refractivity contribution in [2.75, 3.05) is 37.1 Å². The van der Waals surface area contributed by atoms with Crippen molar-refractivity contribution in [2.24, 2.45) is 0 Å². The molecule has 0 aliphatic rings. The maximum Gasteiger partial charge on any atom is 3.00 e. The smallest absolute Gasteiger partial charge is 0.793 e. The second-order valence-electron chi connectivity index (χ2n) is 3.85. The molecule has 3 unspecified atom stereocenters. The molecule has 0 rings (SSSR count). The Morgan fingerprint density at radius 3 is 0.857 bits per heavy atom. The molecule has 0 aliphatic carbocycles. The van der Waals surface area contributed by atoms with E-state index in [4.69, 9.17) is 13.6 Å². The van der Waals surface area contributed by atoms with Crippen molar-refractivity contribution < 1.29 is 45.6 Å². The van der Waals surface area contributed by atoms with Crippen LogP contribution in [-0.2, 0) is 66.4 Å². The van der Waals surface area contributed by atoms with Gasteiger partial charge in [0.05, 0.1) is 0 Å². The summed E-state index contributed by atoms with van der Waals surface area (Å²) in [4.78, 5) is 32.9. The molecule has 0 fully saturated rings. The maximum absolute atomic E-state index is 11.0. The zero-order valence-electron chi connectivity index (χ0n) is 16.9. The third kappa shape index (κ3) is 31.5. The molecule has 0 aliphatic heterocycles. The molecule has 0 amide bonds. The van der Waals surface area contributed by atoms with E-state index in [9.17, 15) is 14.7 Å². The second-order valence-corrected chi connectivity index (χ2v) is 22.9. The van der Waals surface area contributed by atoms with E-state index in [1.165, 1.54) is 34.1 Å². The van der Waals surface area contributed by atoms with Crippen molar-refractivity contribution in [2.45, 2.75) is 41.5 Å². The monoisotopic (exact) mass is 607 g/mol. The van der Waals surface area contributed by atoms with Crippen molar-refractivity contribution in [3.63, 3.8) is 0 Å². The first-order chi connectivity index (χ1) is 12.4. The Kier molecular flexibility index (Phi) is 32.3. The summed E-state index contributed by atoms with van der Waals surface area (Å²) in [5, 5.41) is 0. The van der Waals surface area contributed by atoms with Gasteiger partial charge in [0.1, 0.15) is 0 Å². The van der Waals surface area contributed by atoms with E-state index in [-0.39, 0.29) is 17.4 Å². The minimum Gasteiger partial charge on any atom is -0.793 e. The molecule has 0 saturated heterocycles. The van der Waals surface area contributed by atoms with E-state index < -0.39 is 17.1 Å². The Hall–Kier alpha value is 3.29. The van der Waals surface area contributed by atoms with Crippen molar-refractivity contribution >= 4 is 86.6 Å². The van der Waals surface area contributed by atoms with Gasteiger partial charge in [-0.15, -0.1) is 34.1 Å². The molecular weight excluding hydrogens is 577 g/mol. The van der Waals surface area contributed by atoms with Gasteiger partial charge in [-0.3, -0.25) is 0 Å². The fourth-order valence-corrected chi connectivity index (χ4v) is 11.4. The van der Waals surface area contributed by atoms with Gasteiger partial charge in [-0.25, -0.2) is 0 Å². The fourth-order valence-electron chi connectivity index (χ4n) is 1.06. The van der Waals surface area contributed by atoms with E-state index >= 15 is 0 Å². The first-order valence-corrected chi connectivity index (χ1v) is 20.9. The van der Waals surface area contributed by atoms with Gasteiger partial charge in [0.2, 0.25) is 0 Å². The van der Waals surface area contributed by atoms with Crippen LogP contribution in [-0.4, -0.2) is 37.1 Å². The Morgan fingerprint density at radius 2 is 0.750 bits per heavy atom. The van der Waals surface area contributed by atoms with Crippen molar-refractivity contribution in [1.29, 1.82) is 0 Å². The SMILES string of the molecule is CCOP([O-])(=S)SCC.CCOP([O-])(=S)SCC.CCOP([O-])(=S)SCC.[Cr+3]. The average molecular weight is 608 g/mol. The van der Waals surface area contributed by atoms with Crippen LogP contribution in [0.4, 0.5) is 0 Å². The van der Waals surface area contributed by atoms with Crippen LogP contribution >= 0.6 is 51.2 Å². The molecule has 0 heterocycles. The molecule has 0 spiro atoms. The average Bonchev–Trinajstić information content (AvgIpc) is 2.47. The summed E-state index contributed by atoms with van der Waals surface area (Å²) in [5.74, 6) is 2.25. The van der Waals surface area contributed by atoms with Gasteiger partial charge in [-0.1, -0.05) is 56.2 Å². The zero-order valence-corrected chi connectivity index (χ0v) is 25.7. The van der Waals surface area contributed by atoms with Crippen LogP contribution in [0.1, 0.15) is 41.5 Å². The molecular formula is C12H30CrO6P3S6. The summed E-state index contributed by atoms with van der Waals surface area (Å²) in [6.07, 6.45) is 0. The summed E-state index contributed by atoms with van der Waals surface area (Å²) in [6, 6.07) is 0. The summed E-state index contributed by atoms with van der Waals surface area (Å²) in [6.45, 7) is 12.4. The Labute approximate surface area is 209 Å². The predicted molar refractivity (Wildman–Crippen MR) is 132 cm³/mol. The largest absolute Gasteiger partial charge is 3.00 e. The Morgan fingerprint density at radius 1 is 0.571 bits per heavy atom. The summed E-state index contributed by atoms with van der Waals surface area (Å²) < 4.78 is 14.4. The van der Waals surface area contributed by atoms with Crippen molar-refractivity contribution in [3.8, 4) is 0 Å². The van der Waals surface area contributed by atoms with Crippen LogP contribution in [0.15, 0.2) is 0 Å². The summed E-state index contributed by atoms with van der Waals surface area (Å²) in [5.41, 5.74) is -8.08. The molecule has 6 nitrogen and oxygen atoms in total. The summed E-state index contributed by atoms with van der Waals surface area (Å²) in [7, 11) is 0. The van der Waals surface area contributed by atoms with Crippen molar-refractivity contribution in [1.82, 2.24) is 0 Å². The van der Waals surface area contributed by atoms with Crippen LogP contribution in [0, 0.1) is 0 Å². The van der Waals surface area contributed by atoms with Crippen LogP contribution in [0.2, 0.25) is 0 Å². The third-order valence-electron chi connectivity index (χ3n) is 1.72.